The number of carbonyl (C=O) groups is 2. The van der Waals surface area contributed by atoms with Crippen LogP contribution >= 0.6 is 0 Å². The molecule has 3 heteroatoms. The molecule has 0 aromatic heterocycles. The summed E-state index contributed by atoms with van der Waals surface area (Å²) in [7, 11) is 0. The Kier molecular flexibility index (Phi) is 3.39. The molecule has 1 amide bonds. The predicted molar refractivity (Wildman–Crippen MR) is 82.4 cm³/mol. The smallest absolute Gasteiger partial charge is 0.235 e. The summed E-state index contributed by atoms with van der Waals surface area (Å²) >= 11 is 0. The van der Waals surface area contributed by atoms with E-state index in [1.54, 1.807) is 0 Å². The van der Waals surface area contributed by atoms with Crippen LogP contribution in [-0.2, 0) is 9.59 Å². The van der Waals surface area contributed by atoms with E-state index >= 15 is 0 Å². The third-order valence-corrected chi connectivity index (χ3v) is 5.09. The average molecular weight is 285 g/mol. The largest absolute Gasteiger partial charge is 0.343 e. The van der Waals surface area contributed by atoms with Crippen molar-refractivity contribution < 1.29 is 9.59 Å². The van der Waals surface area contributed by atoms with E-state index in [-0.39, 0.29) is 11.7 Å². The van der Waals surface area contributed by atoms with Crippen LogP contribution in [0.1, 0.15) is 60.3 Å². The fraction of sp³-hybridized carbons (Fsp3) is 0.556. The van der Waals surface area contributed by atoms with Crippen LogP contribution in [0.4, 0.5) is 0 Å². The molecule has 1 N–H and O–H groups in total. The molecule has 1 aliphatic heterocycles. The number of benzene rings is 1. The Morgan fingerprint density at radius 2 is 1.57 bits per heavy atom. The van der Waals surface area contributed by atoms with Crippen LogP contribution in [0.5, 0.6) is 0 Å². The van der Waals surface area contributed by atoms with Crippen molar-refractivity contribution in [2.45, 2.75) is 64.3 Å². The molecular formula is C18H23NO2. The first-order valence-corrected chi connectivity index (χ1v) is 7.89. The van der Waals surface area contributed by atoms with E-state index in [2.05, 4.69) is 17.4 Å². The Balaban J connectivity index is 2.04. The lowest BCUT2D eigenvalue weighted by Gasteiger charge is -2.31. The van der Waals surface area contributed by atoms with Gasteiger partial charge in [-0.1, -0.05) is 37.0 Å². The van der Waals surface area contributed by atoms with E-state index < -0.39 is 11.5 Å². The first kappa shape index (κ1) is 14.3. The van der Waals surface area contributed by atoms with Crippen molar-refractivity contribution in [3.8, 4) is 0 Å². The number of carbonyl (C=O) groups excluding carboxylic acids is 2. The summed E-state index contributed by atoms with van der Waals surface area (Å²) in [5, 5.41) is 3.05. The number of hydrogen-bond acceptors (Lipinski definition) is 2. The maximum Gasteiger partial charge on any atom is 0.235 e. The van der Waals surface area contributed by atoms with Gasteiger partial charge < -0.3 is 5.32 Å². The van der Waals surface area contributed by atoms with Crippen molar-refractivity contribution in [3.63, 3.8) is 0 Å². The highest BCUT2D eigenvalue weighted by molar-refractivity contribution is 6.17. The highest BCUT2D eigenvalue weighted by atomic mass is 16.2. The van der Waals surface area contributed by atoms with E-state index in [0.717, 1.165) is 48.8 Å². The van der Waals surface area contributed by atoms with E-state index in [1.807, 2.05) is 20.8 Å². The topological polar surface area (TPSA) is 46.2 Å². The molecule has 1 unspecified atom stereocenters. The summed E-state index contributed by atoms with van der Waals surface area (Å²) in [5.41, 5.74) is 3.62. The summed E-state index contributed by atoms with van der Waals surface area (Å²) in [6.07, 6.45) is 4.84. The highest BCUT2D eigenvalue weighted by Gasteiger charge is 2.53. The number of amides is 1. The van der Waals surface area contributed by atoms with Gasteiger partial charge in [-0.05, 0) is 50.3 Å². The Hall–Kier alpha value is -1.64. The number of rotatable bonds is 1. The van der Waals surface area contributed by atoms with Crippen LogP contribution in [0, 0.1) is 20.8 Å². The lowest BCUT2D eigenvalue weighted by atomic mass is 9.76. The van der Waals surface area contributed by atoms with Crippen LogP contribution < -0.4 is 5.32 Å². The molecule has 1 heterocycles. The molecule has 3 nitrogen and oxygen atoms in total. The van der Waals surface area contributed by atoms with Crippen LogP contribution in [0.3, 0.4) is 0 Å². The third kappa shape index (κ3) is 2.19. The second-order valence-corrected chi connectivity index (χ2v) is 6.74. The molecule has 2 aliphatic rings. The van der Waals surface area contributed by atoms with E-state index in [4.69, 9.17) is 0 Å². The molecule has 1 aliphatic carbocycles. The summed E-state index contributed by atoms with van der Waals surface area (Å²) in [5.74, 6) is -0.608. The molecule has 2 fully saturated rings. The standard InChI is InChI=1S/C18H23NO2/c1-11-9-12(2)14(13(3)10-11)15-16(20)18(19-17(15)21)7-5-4-6-8-18/h9-10,15H,4-8H2,1-3H3,(H,19,21). The fourth-order valence-electron chi connectivity index (χ4n) is 4.20. The molecular weight excluding hydrogens is 262 g/mol. The highest BCUT2D eigenvalue weighted by Crippen LogP contribution is 2.40. The van der Waals surface area contributed by atoms with Gasteiger partial charge in [0.15, 0.2) is 5.78 Å². The Bertz CT molecular complexity index is 589. The third-order valence-electron chi connectivity index (χ3n) is 5.09. The number of nitrogens with one attached hydrogen (secondary N) is 1. The maximum absolute atomic E-state index is 13.0. The van der Waals surface area contributed by atoms with Gasteiger partial charge in [0.2, 0.25) is 5.91 Å². The molecule has 1 saturated carbocycles. The van der Waals surface area contributed by atoms with Gasteiger partial charge in [-0.15, -0.1) is 0 Å². The summed E-state index contributed by atoms with van der Waals surface area (Å²) in [6.45, 7) is 6.05. The average Bonchev–Trinajstić information content (AvgIpc) is 2.63. The molecule has 0 bridgehead atoms. The van der Waals surface area contributed by atoms with Crippen molar-refractivity contribution in [2.24, 2.45) is 0 Å². The van der Waals surface area contributed by atoms with Gasteiger partial charge in [-0.3, -0.25) is 9.59 Å². The minimum absolute atomic E-state index is 0.0993. The number of hydrogen-bond donors (Lipinski definition) is 1. The van der Waals surface area contributed by atoms with Crippen molar-refractivity contribution in [1.82, 2.24) is 5.32 Å². The number of Topliss-reactive ketones (excluding diaryl/α,β-unsaturated/α-hetero) is 1. The molecule has 112 valence electrons. The van der Waals surface area contributed by atoms with Gasteiger partial charge in [0.1, 0.15) is 5.92 Å². The predicted octanol–water partition coefficient (Wildman–Crippen LogP) is 3.10. The van der Waals surface area contributed by atoms with Gasteiger partial charge in [0.05, 0.1) is 5.54 Å². The Morgan fingerprint density at radius 3 is 2.14 bits per heavy atom. The van der Waals surface area contributed by atoms with Crippen molar-refractivity contribution >= 4 is 11.7 Å². The molecule has 21 heavy (non-hydrogen) atoms. The molecule has 1 spiro atoms. The van der Waals surface area contributed by atoms with Gasteiger partial charge in [-0.25, -0.2) is 0 Å². The molecule has 1 atom stereocenters. The summed E-state index contributed by atoms with van der Waals surface area (Å²) in [6, 6.07) is 4.13. The van der Waals surface area contributed by atoms with Crippen LogP contribution in [0.15, 0.2) is 12.1 Å². The van der Waals surface area contributed by atoms with E-state index in [0.29, 0.717) is 0 Å². The maximum atomic E-state index is 13.0. The van der Waals surface area contributed by atoms with Gasteiger partial charge in [0.25, 0.3) is 0 Å². The number of aryl methyl sites for hydroxylation is 3. The quantitative estimate of drug-likeness (QED) is 0.806. The normalized spacial score (nSPS) is 24.4. The van der Waals surface area contributed by atoms with Crippen molar-refractivity contribution in [1.29, 1.82) is 0 Å². The molecule has 1 saturated heterocycles. The molecule has 3 rings (SSSR count). The second-order valence-electron chi connectivity index (χ2n) is 6.74. The van der Waals surface area contributed by atoms with Crippen LogP contribution in [0.2, 0.25) is 0 Å². The molecule has 1 aromatic rings. The molecule has 1 aromatic carbocycles. The monoisotopic (exact) mass is 285 g/mol. The zero-order valence-corrected chi connectivity index (χ0v) is 13.1. The Morgan fingerprint density at radius 1 is 1.00 bits per heavy atom. The number of ketones is 1. The Labute approximate surface area is 126 Å². The lowest BCUT2D eigenvalue weighted by Crippen LogP contribution is -2.47. The van der Waals surface area contributed by atoms with Crippen LogP contribution in [0.25, 0.3) is 0 Å². The van der Waals surface area contributed by atoms with Crippen molar-refractivity contribution in [2.75, 3.05) is 0 Å². The zero-order valence-electron chi connectivity index (χ0n) is 13.1. The van der Waals surface area contributed by atoms with Gasteiger partial charge in [0, 0.05) is 0 Å². The van der Waals surface area contributed by atoms with E-state index in [1.165, 1.54) is 5.56 Å². The van der Waals surface area contributed by atoms with Crippen molar-refractivity contribution in [3.05, 3.63) is 34.4 Å². The SMILES string of the molecule is Cc1cc(C)c(C2C(=O)NC3(CCCCC3)C2=O)c(C)c1. The van der Waals surface area contributed by atoms with Gasteiger partial charge >= 0.3 is 0 Å². The fourth-order valence-corrected chi connectivity index (χ4v) is 4.20. The van der Waals surface area contributed by atoms with Crippen LogP contribution in [-0.4, -0.2) is 17.2 Å². The van der Waals surface area contributed by atoms with E-state index in [9.17, 15) is 9.59 Å². The lowest BCUT2D eigenvalue weighted by molar-refractivity contribution is -0.125. The summed E-state index contributed by atoms with van der Waals surface area (Å²) < 4.78 is 0. The second kappa shape index (κ2) is 4.97. The first-order chi connectivity index (χ1) is 9.94. The van der Waals surface area contributed by atoms with Gasteiger partial charge in [-0.2, -0.15) is 0 Å². The molecule has 0 radical (unpaired) electrons. The summed E-state index contributed by atoms with van der Waals surface area (Å²) in [4.78, 5) is 25.5. The minimum Gasteiger partial charge on any atom is -0.343 e. The zero-order chi connectivity index (χ0) is 15.2. The minimum atomic E-state index is -0.608. The first-order valence-electron chi connectivity index (χ1n) is 7.89.